The van der Waals surface area contributed by atoms with Crippen molar-refractivity contribution in [1.82, 2.24) is 4.98 Å². The van der Waals surface area contributed by atoms with Gasteiger partial charge in [-0.3, -0.25) is 4.79 Å². The number of hydrogen-bond donors (Lipinski definition) is 2. The van der Waals surface area contributed by atoms with Crippen molar-refractivity contribution in [3.05, 3.63) is 35.3 Å². The van der Waals surface area contributed by atoms with Crippen LogP contribution in [0, 0.1) is 12.7 Å². The number of aromatic nitrogens is 1. The molecule has 5 heteroatoms. The molecule has 2 aromatic rings. The van der Waals surface area contributed by atoms with Crippen LogP contribution in [0.15, 0.2) is 18.2 Å². The highest BCUT2D eigenvalue weighted by molar-refractivity contribution is 5.85. The number of aryl methyl sites for hydroxylation is 1. The number of halogens is 1. The summed E-state index contributed by atoms with van der Waals surface area (Å²) >= 11 is 0. The number of esters is 1. The SMILES string of the molecule is COC(=O)C(N)Cc1[nH]c2ccc(F)cc2c1C. The predicted octanol–water partition coefficient (Wildman–Crippen LogP) is 1.66. The second-order valence-corrected chi connectivity index (χ2v) is 4.25. The van der Waals surface area contributed by atoms with E-state index < -0.39 is 12.0 Å². The number of hydrogen-bond acceptors (Lipinski definition) is 3. The Morgan fingerprint density at radius 2 is 2.28 bits per heavy atom. The summed E-state index contributed by atoms with van der Waals surface area (Å²) in [6.45, 7) is 1.87. The van der Waals surface area contributed by atoms with E-state index in [4.69, 9.17) is 5.73 Å². The van der Waals surface area contributed by atoms with Crippen LogP contribution in [0.1, 0.15) is 11.3 Å². The van der Waals surface area contributed by atoms with E-state index in [2.05, 4.69) is 9.72 Å². The van der Waals surface area contributed by atoms with Crippen LogP contribution in [0.2, 0.25) is 0 Å². The van der Waals surface area contributed by atoms with Gasteiger partial charge in [0.1, 0.15) is 11.9 Å². The van der Waals surface area contributed by atoms with Gasteiger partial charge < -0.3 is 15.5 Å². The van der Waals surface area contributed by atoms with Gasteiger partial charge >= 0.3 is 5.97 Å². The van der Waals surface area contributed by atoms with E-state index in [1.807, 2.05) is 6.92 Å². The third-order valence-electron chi connectivity index (χ3n) is 3.05. The standard InChI is InChI=1S/C13H15FN2O2/c1-7-9-5-8(14)3-4-11(9)16-12(7)6-10(15)13(17)18-2/h3-5,10,16H,6,15H2,1-2H3. The van der Waals surface area contributed by atoms with E-state index in [9.17, 15) is 9.18 Å². The first-order valence-electron chi connectivity index (χ1n) is 5.63. The third kappa shape index (κ3) is 2.22. The summed E-state index contributed by atoms with van der Waals surface area (Å²) in [7, 11) is 1.30. The molecule has 18 heavy (non-hydrogen) atoms. The fourth-order valence-electron chi connectivity index (χ4n) is 2.01. The molecule has 1 atom stereocenters. The highest BCUT2D eigenvalue weighted by Gasteiger charge is 2.17. The molecule has 0 spiro atoms. The number of nitrogens with two attached hydrogens (primary N) is 1. The second-order valence-electron chi connectivity index (χ2n) is 4.25. The van der Waals surface area contributed by atoms with Gasteiger partial charge in [-0.05, 0) is 30.7 Å². The lowest BCUT2D eigenvalue weighted by Crippen LogP contribution is -2.33. The summed E-state index contributed by atoms with van der Waals surface area (Å²) in [6.07, 6.45) is 0.342. The van der Waals surface area contributed by atoms with Crippen LogP contribution >= 0.6 is 0 Å². The Kier molecular flexibility index (Phi) is 3.34. The van der Waals surface area contributed by atoms with Gasteiger partial charge in [0.05, 0.1) is 7.11 Å². The molecule has 0 saturated carbocycles. The molecule has 1 unspecified atom stereocenters. The molecule has 1 aromatic carbocycles. The van der Waals surface area contributed by atoms with Crippen LogP contribution in [0.4, 0.5) is 4.39 Å². The molecule has 2 rings (SSSR count). The molecule has 4 nitrogen and oxygen atoms in total. The second kappa shape index (κ2) is 4.78. The van der Waals surface area contributed by atoms with E-state index in [0.29, 0.717) is 6.42 Å². The maximum Gasteiger partial charge on any atom is 0.323 e. The van der Waals surface area contributed by atoms with Crippen molar-refractivity contribution in [2.75, 3.05) is 7.11 Å². The van der Waals surface area contributed by atoms with Gasteiger partial charge in [-0.2, -0.15) is 0 Å². The number of carbonyl (C=O) groups is 1. The Labute approximate surface area is 104 Å². The summed E-state index contributed by atoms with van der Waals surface area (Å²) in [5, 5.41) is 0.807. The number of ether oxygens (including phenoxy) is 1. The first-order chi connectivity index (χ1) is 8.52. The van der Waals surface area contributed by atoms with Gasteiger partial charge in [-0.15, -0.1) is 0 Å². The Bertz CT molecular complexity index is 592. The highest BCUT2D eigenvalue weighted by atomic mass is 19.1. The van der Waals surface area contributed by atoms with Gasteiger partial charge in [0.15, 0.2) is 0 Å². The molecule has 0 aliphatic heterocycles. The molecule has 0 radical (unpaired) electrons. The number of aromatic amines is 1. The van der Waals surface area contributed by atoms with Crippen LogP contribution in [-0.2, 0) is 16.0 Å². The molecule has 0 aliphatic rings. The molecule has 0 saturated heterocycles. The lowest BCUT2D eigenvalue weighted by molar-refractivity contribution is -0.142. The van der Waals surface area contributed by atoms with Gasteiger partial charge in [0.2, 0.25) is 0 Å². The summed E-state index contributed by atoms with van der Waals surface area (Å²) in [6, 6.07) is 3.81. The monoisotopic (exact) mass is 250 g/mol. The number of nitrogens with one attached hydrogen (secondary N) is 1. The number of fused-ring (bicyclic) bond motifs is 1. The number of H-pyrrole nitrogens is 1. The number of carbonyl (C=O) groups excluding carboxylic acids is 1. The van der Waals surface area contributed by atoms with Crippen LogP contribution in [0.25, 0.3) is 10.9 Å². The van der Waals surface area contributed by atoms with Crippen LogP contribution in [0.5, 0.6) is 0 Å². The van der Waals surface area contributed by atoms with Crippen molar-refractivity contribution < 1.29 is 13.9 Å². The number of rotatable bonds is 3. The topological polar surface area (TPSA) is 68.1 Å². The fraction of sp³-hybridized carbons (Fsp3) is 0.308. The zero-order valence-corrected chi connectivity index (χ0v) is 10.3. The molecule has 0 bridgehead atoms. The van der Waals surface area contributed by atoms with Crippen molar-refractivity contribution in [2.24, 2.45) is 5.73 Å². The molecule has 96 valence electrons. The van der Waals surface area contributed by atoms with E-state index in [-0.39, 0.29) is 5.82 Å². The Balaban J connectivity index is 2.34. The quantitative estimate of drug-likeness (QED) is 0.814. The van der Waals surface area contributed by atoms with Crippen molar-refractivity contribution in [3.63, 3.8) is 0 Å². The smallest absolute Gasteiger partial charge is 0.323 e. The lowest BCUT2D eigenvalue weighted by Gasteiger charge is -2.08. The molecule has 1 heterocycles. The van der Waals surface area contributed by atoms with E-state index in [0.717, 1.165) is 22.2 Å². The van der Waals surface area contributed by atoms with Crippen LogP contribution < -0.4 is 5.73 Å². The number of methoxy groups -OCH3 is 1. The molecule has 3 N–H and O–H groups in total. The predicted molar refractivity (Wildman–Crippen MR) is 66.7 cm³/mol. The molecule has 0 fully saturated rings. The zero-order chi connectivity index (χ0) is 13.3. The molecular formula is C13H15FN2O2. The van der Waals surface area contributed by atoms with Crippen LogP contribution in [-0.4, -0.2) is 24.1 Å². The minimum Gasteiger partial charge on any atom is -0.468 e. The van der Waals surface area contributed by atoms with Crippen molar-refractivity contribution in [3.8, 4) is 0 Å². The summed E-state index contributed by atoms with van der Waals surface area (Å²) in [4.78, 5) is 14.4. The van der Waals surface area contributed by atoms with Gasteiger partial charge in [-0.1, -0.05) is 0 Å². The highest BCUT2D eigenvalue weighted by Crippen LogP contribution is 2.23. The maximum absolute atomic E-state index is 13.2. The minimum atomic E-state index is -0.716. The maximum atomic E-state index is 13.2. The molecular weight excluding hydrogens is 235 g/mol. The zero-order valence-electron chi connectivity index (χ0n) is 10.3. The fourth-order valence-corrected chi connectivity index (χ4v) is 2.01. The average Bonchev–Trinajstić information content (AvgIpc) is 2.65. The summed E-state index contributed by atoms with van der Waals surface area (Å²) in [5.74, 6) is -0.743. The first-order valence-corrected chi connectivity index (χ1v) is 5.63. The average molecular weight is 250 g/mol. The third-order valence-corrected chi connectivity index (χ3v) is 3.05. The largest absolute Gasteiger partial charge is 0.468 e. The van der Waals surface area contributed by atoms with Crippen LogP contribution in [0.3, 0.4) is 0 Å². The Morgan fingerprint density at radius 1 is 1.56 bits per heavy atom. The van der Waals surface area contributed by atoms with Gasteiger partial charge in [0.25, 0.3) is 0 Å². The van der Waals surface area contributed by atoms with Crippen molar-refractivity contribution in [1.29, 1.82) is 0 Å². The Morgan fingerprint density at radius 3 is 2.94 bits per heavy atom. The molecule has 0 amide bonds. The lowest BCUT2D eigenvalue weighted by atomic mass is 10.1. The van der Waals surface area contributed by atoms with E-state index >= 15 is 0 Å². The van der Waals surface area contributed by atoms with Gasteiger partial charge in [0, 0.05) is 23.0 Å². The van der Waals surface area contributed by atoms with E-state index in [1.165, 1.54) is 19.2 Å². The first kappa shape index (κ1) is 12.6. The molecule has 0 aliphatic carbocycles. The molecule has 1 aromatic heterocycles. The summed E-state index contributed by atoms with van der Waals surface area (Å²) in [5.41, 5.74) is 8.28. The van der Waals surface area contributed by atoms with E-state index in [1.54, 1.807) is 6.07 Å². The normalized spacial score (nSPS) is 12.7. The minimum absolute atomic E-state index is 0.284. The van der Waals surface area contributed by atoms with Crippen molar-refractivity contribution in [2.45, 2.75) is 19.4 Å². The summed E-state index contributed by atoms with van der Waals surface area (Å²) < 4.78 is 17.7. The number of benzene rings is 1. The Hall–Kier alpha value is -1.88. The van der Waals surface area contributed by atoms with Gasteiger partial charge in [-0.25, -0.2) is 4.39 Å². The van der Waals surface area contributed by atoms with Crippen molar-refractivity contribution >= 4 is 16.9 Å².